The van der Waals surface area contributed by atoms with Crippen LogP contribution in [0.4, 0.5) is 54.8 Å². The number of anilines is 7. The lowest BCUT2D eigenvalue weighted by Gasteiger charge is -2.36. The van der Waals surface area contributed by atoms with Crippen molar-refractivity contribution in [1.82, 2.24) is 44.6 Å². The Kier molecular flexibility index (Phi) is 20.5. The van der Waals surface area contributed by atoms with Crippen LogP contribution in [-0.4, -0.2) is 181 Å². The molecule has 0 saturated carbocycles. The zero-order chi connectivity index (χ0) is 76.8. The summed E-state index contributed by atoms with van der Waals surface area (Å²) in [4.78, 5) is 44.0. The molecule has 0 bridgehead atoms. The van der Waals surface area contributed by atoms with Gasteiger partial charge in [-0.25, -0.2) is 23.7 Å². The minimum Gasteiger partial charge on any atom is -0.378 e. The van der Waals surface area contributed by atoms with Crippen LogP contribution in [0.15, 0.2) is 169 Å². The van der Waals surface area contributed by atoms with Gasteiger partial charge in [0.15, 0.2) is 11.6 Å². The fourth-order valence-corrected chi connectivity index (χ4v) is 18.6. The number of benzene rings is 6. The first-order valence-corrected chi connectivity index (χ1v) is 41.1. The van der Waals surface area contributed by atoms with Gasteiger partial charge in [-0.1, -0.05) is 42.5 Å². The number of nitrogens with one attached hydrogen (secondary N) is 3. The number of hydrogen-bond acceptors (Lipinski definition) is 17. The van der Waals surface area contributed by atoms with E-state index >= 15 is 0 Å². The lowest BCUT2D eigenvalue weighted by Crippen LogP contribution is -2.46. The number of aromatic amines is 3. The highest BCUT2D eigenvalue weighted by Crippen LogP contribution is 2.39. The van der Waals surface area contributed by atoms with Crippen molar-refractivity contribution >= 4 is 106 Å². The van der Waals surface area contributed by atoms with Crippen LogP contribution in [0.25, 0.3) is 54.5 Å². The molecular formula is C91H99F2N17O4. The van der Waals surface area contributed by atoms with E-state index in [0.29, 0.717) is 0 Å². The number of H-pyrrole nitrogens is 3. The molecule has 9 aliphatic heterocycles. The monoisotopic (exact) mass is 1530 g/mol. The predicted octanol–water partition coefficient (Wildman–Crippen LogP) is 15.0. The SMILES string of the molecule is CCn1c2c(c3ccccc31)CCN(c1ccc(N3CCOCC3)nc1)C2.C[C@@H]1CN(c2ccc(N3CCc4c([nH]c5ccccc45)C3)nn2)C[C@H](C)O1.Fc1ccc2[nH]c3c(c2c1)CCN(c1ccc2c(c1)N=C(N1CCOCC1)CC2)C3.Fc1ccc2[nH]c3c(c2c1)CCN(c1ccc2nc(N4CCOCC4)ccc2c1)C3. The summed E-state index contributed by atoms with van der Waals surface area (Å²) in [5.41, 5.74) is 22.3. The predicted molar refractivity (Wildman–Crippen MR) is 452 cm³/mol. The van der Waals surface area contributed by atoms with Crippen LogP contribution < -0.4 is 34.3 Å². The van der Waals surface area contributed by atoms with Gasteiger partial charge in [-0.3, -0.25) is 0 Å². The maximum absolute atomic E-state index is 13.7. The number of aliphatic imine (C=N–C) groups is 1. The summed E-state index contributed by atoms with van der Waals surface area (Å²) in [6.45, 7) is 26.6. The molecule has 0 radical (unpaired) electrons. The van der Waals surface area contributed by atoms with E-state index in [1.165, 1.54) is 107 Å². The Bertz CT molecular complexity index is 5620. The van der Waals surface area contributed by atoms with Crippen molar-refractivity contribution in [3.8, 4) is 0 Å². The van der Waals surface area contributed by atoms with E-state index in [2.05, 4.69) is 211 Å². The lowest BCUT2D eigenvalue weighted by molar-refractivity contribution is -0.00550. The molecule has 16 heterocycles. The fraction of sp³-hybridized carbons (Fsp3) is 0.374. The summed E-state index contributed by atoms with van der Waals surface area (Å²) in [7, 11) is 0. The number of halogens is 2. The first-order chi connectivity index (χ1) is 56.0. The second-order valence-corrected chi connectivity index (χ2v) is 31.5. The summed E-state index contributed by atoms with van der Waals surface area (Å²) in [5, 5.41) is 15.0. The van der Waals surface area contributed by atoms with Gasteiger partial charge < -0.3 is 77.7 Å². The first kappa shape index (κ1) is 73.1. The van der Waals surface area contributed by atoms with Gasteiger partial charge in [0.05, 0.1) is 101 Å². The fourth-order valence-electron chi connectivity index (χ4n) is 18.6. The molecule has 114 heavy (non-hydrogen) atoms. The lowest BCUT2D eigenvalue weighted by atomic mass is 10.0. The highest BCUT2D eigenvalue weighted by molar-refractivity contribution is 5.91. The number of para-hydroxylation sites is 2. The topological polar surface area (TPSA) is 179 Å². The van der Waals surface area contributed by atoms with Crippen molar-refractivity contribution in [2.24, 2.45) is 4.99 Å². The number of rotatable bonds is 8. The molecule has 2 atom stereocenters. The second kappa shape index (κ2) is 32.0. The zero-order valence-electron chi connectivity index (χ0n) is 65.4. The molecule has 4 saturated heterocycles. The van der Waals surface area contributed by atoms with E-state index < -0.39 is 0 Å². The number of amidine groups is 1. The van der Waals surface area contributed by atoms with Gasteiger partial charge in [0, 0.05) is 175 Å². The summed E-state index contributed by atoms with van der Waals surface area (Å²) in [5.74, 6) is 4.80. The highest BCUT2D eigenvalue weighted by Gasteiger charge is 2.30. The molecule has 586 valence electrons. The van der Waals surface area contributed by atoms with Crippen molar-refractivity contribution in [2.45, 2.75) is 104 Å². The van der Waals surface area contributed by atoms with Crippen molar-refractivity contribution < 1.29 is 27.7 Å². The molecule has 6 aromatic carbocycles. The smallest absolute Gasteiger partial charge is 0.151 e. The summed E-state index contributed by atoms with van der Waals surface area (Å²) in [6.07, 6.45) is 8.47. The number of fused-ring (bicyclic) bond motifs is 14. The minimum absolute atomic E-state index is 0.171. The number of hydrogen-bond donors (Lipinski definition) is 3. The van der Waals surface area contributed by atoms with Gasteiger partial charge in [0.2, 0.25) is 0 Å². The summed E-state index contributed by atoms with van der Waals surface area (Å²) >= 11 is 0. The molecule has 9 aliphatic rings. The highest BCUT2D eigenvalue weighted by atomic mass is 19.1. The van der Waals surface area contributed by atoms with E-state index in [1.807, 2.05) is 18.3 Å². The molecule has 21 nitrogen and oxygen atoms in total. The number of ether oxygens (including phenoxy) is 4. The van der Waals surface area contributed by atoms with Crippen molar-refractivity contribution in [2.75, 3.05) is 152 Å². The molecule has 22 rings (SSSR count). The first-order valence-electron chi connectivity index (χ1n) is 41.1. The Morgan fingerprint density at radius 3 is 1.57 bits per heavy atom. The van der Waals surface area contributed by atoms with Gasteiger partial charge in [-0.15, -0.1) is 10.2 Å². The van der Waals surface area contributed by atoms with Crippen LogP contribution >= 0.6 is 0 Å². The van der Waals surface area contributed by atoms with Gasteiger partial charge in [0.1, 0.15) is 29.1 Å². The third kappa shape index (κ3) is 15.0. The van der Waals surface area contributed by atoms with E-state index in [0.717, 1.165) is 251 Å². The number of aryl methyl sites for hydroxylation is 2. The van der Waals surface area contributed by atoms with Crippen LogP contribution in [0, 0.1) is 11.6 Å². The summed E-state index contributed by atoms with van der Waals surface area (Å²) in [6, 6.07) is 53.4. The molecule has 0 unspecified atom stereocenters. The normalized spacial score (nSPS) is 19.0. The van der Waals surface area contributed by atoms with Crippen LogP contribution in [0.5, 0.6) is 0 Å². The van der Waals surface area contributed by atoms with Crippen LogP contribution in [-0.2, 0) is 83.8 Å². The molecule has 4 fully saturated rings. The van der Waals surface area contributed by atoms with Crippen molar-refractivity contribution in [1.29, 1.82) is 0 Å². The molecule has 13 aromatic rings. The molecule has 7 aromatic heterocycles. The average Bonchev–Trinajstić information content (AvgIpc) is 1.58. The molecule has 0 aliphatic carbocycles. The largest absolute Gasteiger partial charge is 0.378 e. The molecule has 0 spiro atoms. The Morgan fingerprint density at radius 1 is 0.421 bits per heavy atom. The van der Waals surface area contributed by atoms with Gasteiger partial charge in [-0.2, -0.15) is 0 Å². The maximum atomic E-state index is 13.7. The molecule has 0 amide bonds. The minimum atomic E-state index is -0.176. The van der Waals surface area contributed by atoms with E-state index in [-0.39, 0.29) is 23.8 Å². The van der Waals surface area contributed by atoms with Crippen molar-refractivity contribution in [3.63, 3.8) is 0 Å². The number of morpholine rings is 4. The Hall–Kier alpha value is -11.1. The molecule has 23 heteroatoms. The third-order valence-electron chi connectivity index (χ3n) is 24.4. The van der Waals surface area contributed by atoms with Gasteiger partial charge in [0.25, 0.3) is 0 Å². The third-order valence-corrected chi connectivity index (χ3v) is 24.4. The second-order valence-electron chi connectivity index (χ2n) is 31.5. The maximum Gasteiger partial charge on any atom is 0.151 e. The molecule has 3 N–H and O–H groups in total. The zero-order valence-corrected chi connectivity index (χ0v) is 65.4. The average molecular weight is 1530 g/mol. The van der Waals surface area contributed by atoms with E-state index in [4.69, 9.17) is 33.9 Å². The van der Waals surface area contributed by atoms with Crippen LogP contribution in [0.3, 0.4) is 0 Å². The Morgan fingerprint density at radius 2 is 0.939 bits per heavy atom. The Balaban J connectivity index is 0.000000102. The van der Waals surface area contributed by atoms with Crippen LogP contribution in [0.1, 0.15) is 77.8 Å². The Labute approximate surface area is 663 Å². The number of aromatic nitrogens is 8. The number of pyridine rings is 2. The quantitative estimate of drug-likeness (QED) is 0.131. The number of nitrogens with zero attached hydrogens (tertiary/aromatic N) is 14. The van der Waals surface area contributed by atoms with Crippen LogP contribution in [0.2, 0.25) is 0 Å². The van der Waals surface area contributed by atoms with E-state index in [1.54, 1.807) is 12.1 Å². The van der Waals surface area contributed by atoms with Gasteiger partial charge >= 0.3 is 0 Å². The van der Waals surface area contributed by atoms with Gasteiger partial charge in [-0.05, 0) is 196 Å². The standard InChI is InChI=1S/C24H23FN4O.C24H25FN4O.C22H26N4O.C21H25N5O/c25-17-2-4-22-20(14-17)19-7-8-29(15-23(19)26-22)18-3-5-21-16(13-18)1-6-24(27-21)28-9-11-30-12-10-28;25-17-3-5-21-20(13-17)19-7-8-29(15-23(19)26-21)18-4-1-16-2-6-24(27-22(16)14-18)28-9-11-30-12-10-28;1-2-26-20-6-4-3-5-18(20)19-9-10-25(16-21(19)26)17-7-8-22(23-15-17)24-11-13-27-14-12-24;1-14-11-26(12-15(2)27-14)21-8-7-20(23-24-21)25-10-9-17-16-5-3-4-6-18(16)22-19(17)13-25/h1-6,13-14,26H,7-12,15H2;1,3-5,13-14,26H,2,6-12,15H2;3-8,15H,2,9-14,16H2,1H3;3-8,14-15,22H,9-13H2,1-2H3/t;;;14-,15+. The molecular weight excluding hydrogens is 1430 g/mol. The summed E-state index contributed by atoms with van der Waals surface area (Å²) < 4.78 is 52.1. The van der Waals surface area contributed by atoms with Crippen molar-refractivity contribution in [3.05, 3.63) is 226 Å². The van der Waals surface area contributed by atoms with E-state index in [9.17, 15) is 8.78 Å².